The number of hydrogen-bond acceptors (Lipinski definition) is 0. The number of pyridine rings is 1. The zero-order chi connectivity index (χ0) is 10.3. The Hall–Kier alpha value is -0.850. The van der Waals surface area contributed by atoms with Gasteiger partial charge in [-0.05, 0) is 44.6 Å². The van der Waals surface area contributed by atoms with Gasteiger partial charge in [0.2, 0.25) is 0 Å². The molecule has 3 rings (SSSR count). The highest BCUT2D eigenvalue weighted by molar-refractivity contribution is 5.29. The summed E-state index contributed by atoms with van der Waals surface area (Å²) < 4.78 is 2.52. The van der Waals surface area contributed by atoms with Gasteiger partial charge in [-0.1, -0.05) is 0 Å². The fourth-order valence-electron chi connectivity index (χ4n) is 3.28. The van der Waals surface area contributed by atoms with Crippen molar-refractivity contribution in [1.82, 2.24) is 0 Å². The Morgan fingerprint density at radius 3 is 1.80 bits per heavy atom. The van der Waals surface area contributed by atoms with E-state index in [2.05, 4.69) is 17.7 Å². The molecular formula is C14H20N+. The van der Waals surface area contributed by atoms with Crippen LogP contribution in [0.25, 0.3) is 0 Å². The van der Waals surface area contributed by atoms with Crippen LogP contribution in [0.2, 0.25) is 0 Å². The number of hydrogen-bond donors (Lipinski definition) is 0. The minimum atomic E-state index is 1.30. The largest absolute Gasteiger partial charge is 0.202 e. The molecule has 0 spiro atoms. The molecule has 0 saturated carbocycles. The van der Waals surface area contributed by atoms with Gasteiger partial charge in [0.15, 0.2) is 11.4 Å². The second-order valence-electron chi connectivity index (χ2n) is 5.06. The van der Waals surface area contributed by atoms with E-state index in [0.717, 1.165) is 0 Å². The van der Waals surface area contributed by atoms with Gasteiger partial charge in [0.1, 0.15) is 7.05 Å². The van der Waals surface area contributed by atoms with Crippen LogP contribution < -0.4 is 4.57 Å². The third-order valence-corrected chi connectivity index (χ3v) is 4.12. The molecule has 0 fully saturated rings. The Morgan fingerprint density at radius 2 is 1.27 bits per heavy atom. The summed E-state index contributed by atoms with van der Waals surface area (Å²) in [4.78, 5) is 0. The molecule has 0 bridgehead atoms. The van der Waals surface area contributed by atoms with E-state index in [9.17, 15) is 0 Å². The highest BCUT2D eigenvalue weighted by atomic mass is 15.0. The zero-order valence-corrected chi connectivity index (χ0v) is 9.68. The molecule has 0 amide bonds. The van der Waals surface area contributed by atoms with E-state index >= 15 is 0 Å². The third kappa shape index (κ3) is 1.49. The van der Waals surface area contributed by atoms with E-state index in [4.69, 9.17) is 0 Å². The maximum Gasteiger partial charge on any atom is 0.184 e. The van der Waals surface area contributed by atoms with E-state index in [-0.39, 0.29) is 0 Å². The highest BCUT2D eigenvalue weighted by Crippen LogP contribution is 2.25. The second-order valence-corrected chi connectivity index (χ2v) is 5.06. The van der Waals surface area contributed by atoms with Gasteiger partial charge in [0.05, 0.1) is 0 Å². The normalized spacial score (nSPS) is 19.5. The molecule has 1 heterocycles. The molecule has 15 heavy (non-hydrogen) atoms. The molecule has 1 aromatic heterocycles. The van der Waals surface area contributed by atoms with Gasteiger partial charge in [-0.15, -0.1) is 0 Å². The lowest BCUT2D eigenvalue weighted by atomic mass is 9.88. The molecule has 2 aliphatic carbocycles. The molecule has 1 aromatic rings. The van der Waals surface area contributed by atoms with Crippen molar-refractivity contribution >= 4 is 0 Å². The molecule has 0 aromatic carbocycles. The van der Waals surface area contributed by atoms with Crippen molar-refractivity contribution < 1.29 is 4.57 Å². The van der Waals surface area contributed by atoms with Crippen molar-refractivity contribution in [2.24, 2.45) is 7.05 Å². The average Bonchev–Trinajstić information content (AvgIpc) is 2.30. The van der Waals surface area contributed by atoms with Crippen LogP contribution in [0, 0.1) is 0 Å². The molecule has 0 aliphatic heterocycles. The van der Waals surface area contributed by atoms with Gasteiger partial charge in [-0.25, -0.2) is 4.57 Å². The maximum absolute atomic E-state index is 2.52. The zero-order valence-electron chi connectivity index (χ0n) is 9.68. The smallest absolute Gasteiger partial charge is 0.184 e. The molecule has 80 valence electrons. The lowest BCUT2D eigenvalue weighted by Gasteiger charge is -2.20. The maximum atomic E-state index is 2.52. The fraction of sp³-hybridized carbons (Fsp3) is 0.643. The Kier molecular flexibility index (Phi) is 2.27. The van der Waals surface area contributed by atoms with Crippen LogP contribution in [0.1, 0.15) is 48.2 Å². The Morgan fingerprint density at radius 1 is 0.800 bits per heavy atom. The predicted molar refractivity (Wildman–Crippen MR) is 60.9 cm³/mol. The van der Waals surface area contributed by atoms with Crippen LogP contribution in [-0.4, -0.2) is 0 Å². The van der Waals surface area contributed by atoms with Gasteiger partial charge in [-0.2, -0.15) is 0 Å². The Labute approximate surface area is 92.1 Å². The summed E-state index contributed by atoms with van der Waals surface area (Å²) in [5, 5.41) is 0. The molecule has 2 aliphatic rings. The molecule has 0 N–H and O–H groups in total. The molecule has 0 saturated heterocycles. The summed E-state index contributed by atoms with van der Waals surface area (Å²) in [5.74, 6) is 0. The van der Waals surface area contributed by atoms with Crippen LogP contribution in [0.4, 0.5) is 0 Å². The summed E-state index contributed by atoms with van der Waals surface area (Å²) in [6.45, 7) is 0. The minimum absolute atomic E-state index is 1.30. The molecule has 0 unspecified atom stereocenters. The first-order valence-electron chi connectivity index (χ1n) is 6.39. The molecule has 0 atom stereocenters. The Balaban J connectivity index is 2.16. The molecule has 0 radical (unpaired) electrons. The summed E-state index contributed by atoms with van der Waals surface area (Å²) >= 11 is 0. The van der Waals surface area contributed by atoms with Crippen molar-refractivity contribution in [3.05, 3.63) is 28.6 Å². The summed E-state index contributed by atoms with van der Waals surface area (Å²) in [6, 6.07) is 2.52. The monoisotopic (exact) mass is 202 g/mol. The SMILES string of the molecule is C[n+]1c2c(cc3c1CCCC3)CCCC2. The van der Waals surface area contributed by atoms with E-state index in [1.807, 2.05) is 0 Å². The summed E-state index contributed by atoms with van der Waals surface area (Å²) in [6.07, 6.45) is 10.8. The lowest BCUT2D eigenvalue weighted by Crippen LogP contribution is -2.42. The van der Waals surface area contributed by atoms with Crippen molar-refractivity contribution in [2.75, 3.05) is 0 Å². The van der Waals surface area contributed by atoms with E-state index in [1.165, 1.54) is 51.4 Å². The molecule has 1 nitrogen and oxygen atoms in total. The highest BCUT2D eigenvalue weighted by Gasteiger charge is 2.25. The standard InChI is InChI=1S/C14H20N/c1-15-13-8-4-2-6-11(13)10-12-7-3-5-9-14(12)15/h10H,2-9H2,1H3/q+1. The lowest BCUT2D eigenvalue weighted by molar-refractivity contribution is -0.688. The minimum Gasteiger partial charge on any atom is -0.202 e. The van der Waals surface area contributed by atoms with Gasteiger partial charge in [-0.3, -0.25) is 0 Å². The van der Waals surface area contributed by atoms with E-state index < -0.39 is 0 Å². The van der Waals surface area contributed by atoms with Crippen LogP contribution >= 0.6 is 0 Å². The first-order chi connectivity index (χ1) is 7.36. The number of fused-ring (bicyclic) bond motifs is 2. The van der Waals surface area contributed by atoms with E-state index in [1.54, 1.807) is 22.5 Å². The van der Waals surface area contributed by atoms with Crippen LogP contribution in [0.3, 0.4) is 0 Å². The van der Waals surface area contributed by atoms with Crippen LogP contribution in [-0.2, 0) is 32.7 Å². The van der Waals surface area contributed by atoms with Gasteiger partial charge in [0, 0.05) is 24.0 Å². The van der Waals surface area contributed by atoms with Crippen molar-refractivity contribution in [3.8, 4) is 0 Å². The van der Waals surface area contributed by atoms with Crippen molar-refractivity contribution in [2.45, 2.75) is 51.4 Å². The number of aryl methyl sites for hydroxylation is 2. The van der Waals surface area contributed by atoms with Gasteiger partial charge >= 0.3 is 0 Å². The summed E-state index contributed by atoms with van der Waals surface area (Å²) in [5.41, 5.74) is 6.54. The van der Waals surface area contributed by atoms with Crippen LogP contribution in [0.15, 0.2) is 6.07 Å². The van der Waals surface area contributed by atoms with Crippen LogP contribution in [0.5, 0.6) is 0 Å². The predicted octanol–water partition coefficient (Wildman–Crippen LogP) is 2.27. The first kappa shape index (κ1) is 9.38. The van der Waals surface area contributed by atoms with E-state index in [0.29, 0.717) is 0 Å². The van der Waals surface area contributed by atoms with Gasteiger partial charge < -0.3 is 0 Å². The summed E-state index contributed by atoms with van der Waals surface area (Å²) in [7, 11) is 2.29. The topological polar surface area (TPSA) is 3.88 Å². The first-order valence-corrected chi connectivity index (χ1v) is 6.39. The van der Waals surface area contributed by atoms with Gasteiger partial charge in [0.25, 0.3) is 0 Å². The average molecular weight is 202 g/mol. The van der Waals surface area contributed by atoms with Crippen molar-refractivity contribution in [3.63, 3.8) is 0 Å². The fourth-order valence-corrected chi connectivity index (χ4v) is 3.28. The number of rotatable bonds is 0. The second kappa shape index (κ2) is 3.62. The molecular weight excluding hydrogens is 182 g/mol. The number of nitrogens with zero attached hydrogens (tertiary/aromatic N) is 1. The quantitative estimate of drug-likeness (QED) is 0.568. The molecule has 1 heteroatoms. The number of aromatic nitrogens is 1. The Bertz CT molecular complexity index is 359. The third-order valence-electron chi connectivity index (χ3n) is 4.12. The van der Waals surface area contributed by atoms with Crippen molar-refractivity contribution in [1.29, 1.82) is 0 Å².